The van der Waals surface area contributed by atoms with E-state index in [0.29, 0.717) is 11.3 Å². The minimum atomic E-state index is -0.849. The molecule has 1 unspecified atom stereocenters. The number of carbonyl (C=O) groups is 2. The normalized spacial score (nSPS) is 12.2. The van der Waals surface area contributed by atoms with Crippen molar-refractivity contribution in [1.29, 1.82) is 0 Å². The number of nitrogens with zero attached hydrogens (tertiary/aromatic N) is 1. The van der Waals surface area contributed by atoms with Gasteiger partial charge >= 0.3 is 5.97 Å². The first-order valence-corrected chi connectivity index (χ1v) is 6.74. The summed E-state index contributed by atoms with van der Waals surface area (Å²) in [6, 6.07) is -0.153. The Kier molecular flexibility index (Phi) is 5.27. The molecule has 100 valence electrons. The van der Waals surface area contributed by atoms with Crippen molar-refractivity contribution in [2.24, 2.45) is 0 Å². The minimum Gasteiger partial charge on any atom is -0.481 e. The van der Waals surface area contributed by atoms with Gasteiger partial charge in [-0.25, -0.2) is 4.98 Å². The third-order valence-electron chi connectivity index (χ3n) is 2.52. The lowest BCUT2D eigenvalue weighted by molar-refractivity contribution is -0.137. The van der Waals surface area contributed by atoms with Gasteiger partial charge in [0.15, 0.2) is 0 Å². The Labute approximate surface area is 110 Å². The maximum atomic E-state index is 12.0. The highest BCUT2D eigenvalue weighted by atomic mass is 32.1. The molecular formula is C12H18N2O3S. The van der Waals surface area contributed by atoms with E-state index in [2.05, 4.69) is 10.3 Å². The summed E-state index contributed by atoms with van der Waals surface area (Å²) >= 11 is 1.39. The fraction of sp³-hybridized carbons (Fsp3) is 0.583. The average molecular weight is 270 g/mol. The van der Waals surface area contributed by atoms with E-state index in [9.17, 15) is 9.59 Å². The first-order chi connectivity index (χ1) is 8.43. The number of aliphatic carboxylic acids is 1. The van der Waals surface area contributed by atoms with Crippen LogP contribution in [0.2, 0.25) is 0 Å². The zero-order valence-corrected chi connectivity index (χ0v) is 11.6. The molecule has 6 heteroatoms. The Morgan fingerprint density at radius 3 is 2.67 bits per heavy atom. The molecule has 0 aliphatic carbocycles. The number of hydrogen-bond donors (Lipinski definition) is 2. The Hall–Kier alpha value is -1.43. The number of aryl methyl sites for hydroxylation is 2. The van der Waals surface area contributed by atoms with Crippen LogP contribution in [0.5, 0.6) is 0 Å². The van der Waals surface area contributed by atoms with Crippen molar-refractivity contribution in [2.45, 2.75) is 46.1 Å². The third kappa shape index (κ3) is 4.10. The second kappa shape index (κ2) is 6.49. The van der Waals surface area contributed by atoms with Gasteiger partial charge in [0.05, 0.1) is 10.7 Å². The Morgan fingerprint density at radius 1 is 1.50 bits per heavy atom. The van der Waals surface area contributed by atoms with Crippen LogP contribution < -0.4 is 5.32 Å². The van der Waals surface area contributed by atoms with E-state index in [-0.39, 0.29) is 18.4 Å². The number of aromatic nitrogens is 1. The summed E-state index contributed by atoms with van der Waals surface area (Å²) in [5.74, 6) is -1.01. The van der Waals surface area contributed by atoms with Crippen LogP contribution in [0.25, 0.3) is 0 Å². The summed E-state index contributed by atoms with van der Waals surface area (Å²) in [6.45, 7) is 5.61. The fourth-order valence-corrected chi connectivity index (χ4v) is 2.42. The molecule has 18 heavy (non-hydrogen) atoms. The second-order valence-corrected chi connectivity index (χ2v) is 5.27. The number of carboxylic acid groups (broad SMARTS) is 1. The van der Waals surface area contributed by atoms with Gasteiger partial charge in [-0.05, 0) is 26.7 Å². The van der Waals surface area contributed by atoms with E-state index in [0.717, 1.165) is 17.1 Å². The smallest absolute Gasteiger partial charge is 0.303 e. The van der Waals surface area contributed by atoms with Gasteiger partial charge < -0.3 is 10.4 Å². The Bertz CT molecular complexity index is 443. The molecule has 0 aromatic carbocycles. The van der Waals surface area contributed by atoms with Crippen LogP contribution in [-0.2, 0) is 11.2 Å². The SMILES string of the molecule is CCc1nc(C)c(C(=O)NC(C)CCC(=O)O)s1. The molecule has 1 aromatic rings. The Balaban J connectivity index is 2.58. The first-order valence-electron chi connectivity index (χ1n) is 5.93. The minimum absolute atomic E-state index is 0.0589. The number of nitrogens with one attached hydrogen (secondary N) is 1. The van der Waals surface area contributed by atoms with Crippen molar-refractivity contribution in [3.63, 3.8) is 0 Å². The van der Waals surface area contributed by atoms with Gasteiger partial charge in [0.2, 0.25) is 0 Å². The molecule has 0 bridgehead atoms. The molecule has 2 N–H and O–H groups in total. The maximum absolute atomic E-state index is 12.0. The van der Waals surface area contributed by atoms with Gasteiger partial charge in [-0.2, -0.15) is 0 Å². The van der Waals surface area contributed by atoms with Crippen molar-refractivity contribution in [3.05, 3.63) is 15.6 Å². The van der Waals surface area contributed by atoms with Gasteiger partial charge in [0.25, 0.3) is 5.91 Å². The molecule has 0 saturated heterocycles. The predicted molar refractivity (Wildman–Crippen MR) is 70.0 cm³/mol. The third-order valence-corrected chi connectivity index (χ3v) is 3.82. The fourth-order valence-electron chi connectivity index (χ4n) is 1.52. The number of rotatable bonds is 6. The van der Waals surface area contributed by atoms with Crippen LogP contribution in [0.15, 0.2) is 0 Å². The molecule has 1 atom stereocenters. The summed E-state index contributed by atoms with van der Waals surface area (Å²) < 4.78 is 0. The summed E-state index contributed by atoms with van der Waals surface area (Å²) in [5, 5.41) is 12.3. The second-order valence-electron chi connectivity index (χ2n) is 4.18. The number of carbonyl (C=O) groups excluding carboxylic acids is 1. The maximum Gasteiger partial charge on any atom is 0.303 e. The molecule has 1 amide bonds. The first kappa shape index (κ1) is 14.6. The van der Waals surface area contributed by atoms with Crippen LogP contribution in [0.4, 0.5) is 0 Å². The van der Waals surface area contributed by atoms with Gasteiger partial charge in [0.1, 0.15) is 4.88 Å². The number of thiazole rings is 1. The summed E-state index contributed by atoms with van der Waals surface area (Å²) in [6.07, 6.45) is 1.30. The quantitative estimate of drug-likeness (QED) is 0.828. The van der Waals surface area contributed by atoms with Crippen molar-refractivity contribution in [2.75, 3.05) is 0 Å². The highest BCUT2D eigenvalue weighted by molar-refractivity contribution is 7.13. The molecule has 0 spiro atoms. The van der Waals surface area contributed by atoms with E-state index < -0.39 is 5.97 Å². The van der Waals surface area contributed by atoms with E-state index in [4.69, 9.17) is 5.11 Å². The van der Waals surface area contributed by atoms with E-state index in [1.54, 1.807) is 6.92 Å². The highest BCUT2D eigenvalue weighted by Crippen LogP contribution is 2.18. The topological polar surface area (TPSA) is 79.3 Å². The Morgan fingerprint density at radius 2 is 2.17 bits per heavy atom. The lowest BCUT2D eigenvalue weighted by Gasteiger charge is -2.11. The molecule has 0 aliphatic rings. The summed E-state index contributed by atoms with van der Waals surface area (Å²) in [5.41, 5.74) is 0.736. The van der Waals surface area contributed by atoms with Gasteiger partial charge in [0, 0.05) is 12.5 Å². The predicted octanol–water partition coefficient (Wildman–Crippen LogP) is 2.00. The average Bonchev–Trinajstić information content (AvgIpc) is 2.68. The van der Waals surface area contributed by atoms with Crippen molar-refractivity contribution in [1.82, 2.24) is 10.3 Å². The molecule has 1 aromatic heterocycles. The standard InChI is InChI=1S/C12H18N2O3S/c1-4-9-14-8(3)11(18-9)12(17)13-7(2)5-6-10(15)16/h7H,4-6H2,1-3H3,(H,13,17)(H,15,16). The van der Waals surface area contributed by atoms with E-state index >= 15 is 0 Å². The number of amides is 1. The summed E-state index contributed by atoms with van der Waals surface area (Å²) in [7, 11) is 0. The van der Waals surface area contributed by atoms with E-state index in [1.807, 2.05) is 13.8 Å². The zero-order chi connectivity index (χ0) is 13.7. The molecular weight excluding hydrogens is 252 g/mol. The van der Waals surface area contributed by atoms with Crippen LogP contribution in [0.1, 0.15) is 47.1 Å². The van der Waals surface area contributed by atoms with Crippen LogP contribution in [0, 0.1) is 6.92 Å². The van der Waals surface area contributed by atoms with Gasteiger partial charge in [-0.1, -0.05) is 6.92 Å². The molecule has 0 aliphatic heterocycles. The molecule has 0 fully saturated rings. The van der Waals surface area contributed by atoms with E-state index in [1.165, 1.54) is 11.3 Å². The zero-order valence-electron chi connectivity index (χ0n) is 10.8. The lowest BCUT2D eigenvalue weighted by atomic mass is 10.2. The van der Waals surface area contributed by atoms with Crippen LogP contribution in [0.3, 0.4) is 0 Å². The lowest BCUT2D eigenvalue weighted by Crippen LogP contribution is -2.32. The van der Waals surface area contributed by atoms with Gasteiger partial charge in [-0.3, -0.25) is 9.59 Å². The largest absolute Gasteiger partial charge is 0.481 e. The molecule has 5 nitrogen and oxygen atoms in total. The molecule has 1 heterocycles. The van der Waals surface area contributed by atoms with Crippen LogP contribution in [-0.4, -0.2) is 28.0 Å². The number of carboxylic acids is 1. The molecule has 0 saturated carbocycles. The van der Waals surface area contributed by atoms with Gasteiger partial charge in [-0.15, -0.1) is 11.3 Å². The monoisotopic (exact) mass is 270 g/mol. The molecule has 1 rings (SSSR count). The molecule has 0 radical (unpaired) electrons. The van der Waals surface area contributed by atoms with Crippen molar-refractivity contribution in [3.8, 4) is 0 Å². The highest BCUT2D eigenvalue weighted by Gasteiger charge is 2.16. The summed E-state index contributed by atoms with van der Waals surface area (Å²) in [4.78, 5) is 27.3. The van der Waals surface area contributed by atoms with Crippen molar-refractivity contribution < 1.29 is 14.7 Å². The van der Waals surface area contributed by atoms with Crippen LogP contribution >= 0.6 is 11.3 Å². The number of hydrogen-bond acceptors (Lipinski definition) is 4. The van der Waals surface area contributed by atoms with Crippen molar-refractivity contribution >= 4 is 23.2 Å².